The van der Waals surface area contributed by atoms with Gasteiger partial charge in [0.05, 0.1) is 11.8 Å². The van der Waals surface area contributed by atoms with Gasteiger partial charge in [0.25, 0.3) is 0 Å². The van der Waals surface area contributed by atoms with E-state index in [0.717, 1.165) is 4.47 Å². The highest BCUT2D eigenvalue weighted by Crippen LogP contribution is 2.17. The topological polar surface area (TPSA) is 30.2 Å². The third-order valence-corrected chi connectivity index (χ3v) is 2.70. The van der Waals surface area contributed by atoms with Crippen LogP contribution in [-0.2, 0) is 6.42 Å². The summed E-state index contributed by atoms with van der Waals surface area (Å²) in [6, 6.07) is 6.11. The van der Waals surface area contributed by atoms with E-state index in [1.165, 1.54) is 18.6 Å². The number of carbonyl (C=O) groups excluding carboxylic acids is 1. The van der Waals surface area contributed by atoms with Crippen molar-refractivity contribution in [3.63, 3.8) is 0 Å². The minimum atomic E-state index is -0.375. The van der Waals surface area contributed by atoms with Crippen molar-refractivity contribution in [3.05, 3.63) is 58.2 Å². The normalized spacial score (nSPS) is 10.4. The zero-order valence-electron chi connectivity index (χ0n) is 8.24. The Morgan fingerprint density at radius 1 is 1.38 bits per heavy atom. The van der Waals surface area contributed by atoms with Gasteiger partial charge in [-0.05, 0) is 29.8 Å². The summed E-state index contributed by atoms with van der Waals surface area (Å²) in [7, 11) is 0. The zero-order chi connectivity index (χ0) is 11.5. The first kappa shape index (κ1) is 11.1. The first-order valence-corrected chi connectivity index (χ1v) is 5.45. The molecular weight excluding hydrogens is 275 g/mol. The first-order chi connectivity index (χ1) is 7.66. The van der Waals surface area contributed by atoms with Crippen LogP contribution in [0.1, 0.15) is 15.9 Å². The maximum atomic E-state index is 13.4. The van der Waals surface area contributed by atoms with Crippen molar-refractivity contribution in [1.29, 1.82) is 0 Å². The van der Waals surface area contributed by atoms with Gasteiger partial charge in [-0.1, -0.05) is 15.9 Å². The van der Waals surface area contributed by atoms with E-state index in [0.29, 0.717) is 11.1 Å². The van der Waals surface area contributed by atoms with E-state index >= 15 is 0 Å². The van der Waals surface area contributed by atoms with Gasteiger partial charge in [0.1, 0.15) is 12.1 Å². The second-order valence-corrected chi connectivity index (χ2v) is 4.26. The van der Waals surface area contributed by atoms with Crippen molar-refractivity contribution in [2.24, 2.45) is 0 Å². The number of benzene rings is 1. The molecule has 2 nitrogen and oxygen atoms in total. The molecule has 0 spiro atoms. The summed E-state index contributed by atoms with van der Waals surface area (Å²) in [5.74, 6) is -0.536. The standard InChI is InChI=1S/C12H8BrFO2/c13-10-1-2-11(14)9(5-10)6-12(15)8-3-4-16-7-8/h1-5,7H,6H2. The van der Waals surface area contributed by atoms with Gasteiger partial charge < -0.3 is 4.42 Å². The molecular formula is C12H8BrFO2. The number of ketones is 1. The lowest BCUT2D eigenvalue weighted by Crippen LogP contribution is -2.04. The van der Waals surface area contributed by atoms with Crippen LogP contribution >= 0.6 is 15.9 Å². The van der Waals surface area contributed by atoms with Gasteiger partial charge in [-0.25, -0.2) is 4.39 Å². The number of furan rings is 1. The van der Waals surface area contributed by atoms with E-state index < -0.39 is 0 Å². The van der Waals surface area contributed by atoms with E-state index in [1.54, 1.807) is 18.2 Å². The van der Waals surface area contributed by atoms with Crippen molar-refractivity contribution in [1.82, 2.24) is 0 Å². The summed E-state index contributed by atoms with van der Waals surface area (Å²) < 4.78 is 18.9. The molecule has 0 atom stereocenters. The Morgan fingerprint density at radius 3 is 2.88 bits per heavy atom. The fourth-order valence-electron chi connectivity index (χ4n) is 1.38. The average Bonchev–Trinajstić information content (AvgIpc) is 2.76. The van der Waals surface area contributed by atoms with Gasteiger partial charge in [0.2, 0.25) is 0 Å². The van der Waals surface area contributed by atoms with Crippen LogP contribution in [0.25, 0.3) is 0 Å². The maximum absolute atomic E-state index is 13.4. The molecule has 2 aromatic rings. The quantitative estimate of drug-likeness (QED) is 0.805. The molecule has 0 aliphatic carbocycles. The van der Waals surface area contributed by atoms with Crippen molar-refractivity contribution in [2.45, 2.75) is 6.42 Å². The smallest absolute Gasteiger partial charge is 0.170 e. The fourth-order valence-corrected chi connectivity index (χ4v) is 1.79. The molecule has 0 aliphatic heterocycles. The van der Waals surface area contributed by atoms with E-state index in [2.05, 4.69) is 15.9 Å². The average molecular weight is 283 g/mol. The van der Waals surface area contributed by atoms with E-state index in [1.807, 2.05) is 0 Å². The molecule has 0 saturated carbocycles. The monoisotopic (exact) mass is 282 g/mol. The van der Waals surface area contributed by atoms with Crippen molar-refractivity contribution >= 4 is 21.7 Å². The summed E-state index contributed by atoms with van der Waals surface area (Å²) in [6.07, 6.45) is 2.81. The SMILES string of the molecule is O=C(Cc1cc(Br)ccc1F)c1ccoc1. The van der Waals surface area contributed by atoms with Crippen molar-refractivity contribution < 1.29 is 13.6 Å². The molecule has 0 amide bonds. The van der Waals surface area contributed by atoms with Gasteiger partial charge in [-0.15, -0.1) is 0 Å². The predicted molar refractivity (Wildman–Crippen MR) is 60.8 cm³/mol. The molecule has 1 aromatic carbocycles. The van der Waals surface area contributed by atoms with Crippen LogP contribution in [0.3, 0.4) is 0 Å². The van der Waals surface area contributed by atoms with E-state index in [9.17, 15) is 9.18 Å². The Morgan fingerprint density at radius 2 is 2.19 bits per heavy atom. The molecule has 4 heteroatoms. The van der Waals surface area contributed by atoms with Crippen LogP contribution < -0.4 is 0 Å². The second-order valence-electron chi connectivity index (χ2n) is 3.35. The Hall–Kier alpha value is -1.42. The first-order valence-electron chi connectivity index (χ1n) is 4.66. The van der Waals surface area contributed by atoms with Crippen molar-refractivity contribution in [3.8, 4) is 0 Å². The molecule has 0 fully saturated rings. The number of hydrogen-bond donors (Lipinski definition) is 0. The largest absolute Gasteiger partial charge is 0.472 e. The lowest BCUT2D eigenvalue weighted by molar-refractivity contribution is 0.0991. The maximum Gasteiger partial charge on any atom is 0.170 e. The minimum absolute atomic E-state index is 0.0325. The van der Waals surface area contributed by atoms with E-state index in [4.69, 9.17) is 4.42 Å². The van der Waals surface area contributed by atoms with Crippen LogP contribution in [0.4, 0.5) is 4.39 Å². The van der Waals surface area contributed by atoms with Crippen LogP contribution in [0.2, 0.25) is 0 Å². The van der Waals surface area contributed by atoms with Gasteiger partial charge in [0, 0.05) is 10.9 Å². The van der Waals surface area contributed by atoms with Crippen molar-refractivity contribution in [2.75, 3.05) is 0 Å². The van der Waals surface area contributed by atoms with Crippen LogP contribution in [-0.4, -0.2) is 5.78 Å². The highest BCUT2D eigenvalue weighted by Gasteiger charge is 2.11. The molecule has 0 radical (unpaired) electrons. The van der Waals surface area contributed by atoms with Gasteiger partial charge in [0.15, 0.2) is 5.78 Å². The molecule has 0 unspecified atom stereocenters. The van der Waals surface area contributed by atoms with Crippen LogP contribution in [0, 0.1) is 5.82 Å². The molecule has 0 aliphatic rings. The highest BCUT2D eigenvalue weighted by molar-refractivity contribution is 9.10. The minimum Gasteiger partial charge on any atom is -0.472 e. The van der Waals surface area contributed by atoms with Gasteiger partial charge in [-0.3, -0.25) is 4.79 Å². The Labute approximate surface area is 100 Å². The number of hydrogen-bond acceptors (Lipinski definition) is 2. The molecule has 0 saturated heterocycles. The van der Waals surface area contributed by atoms with Crippen LogP contribution in [0.5, 0.6) is 0 Å². The summed E-state index contributed by atoms with van der Waals surface area (Å²) >= 11 is 3.24. The summed E-state index contributed by atoms with van der Waals surface area (Å²) in [5.41, 5.74) is 0.833. The molecule has 1 heterocycles. The molecule has 2 rings (SSSR count). The van der Waals surface area contributed by atoms with Crippen LogP contribution in [0.15, 0.2) is 45.7 Å². The number of Topliss-reactive ketones (excluding diaryl/α,β-unsaturated/α-hetero) is 1. The summed E-state index contributed by atoms with van der Waals surface area (Å²) in [5, 5.41) is 0. The highest BCUT2D eigenvalue weighted by atomic mass is 79.9. The Kier molecular flexibility index (Phi) is 3.19. The Bertz CT molecular complexity index is 506. The predicted octanol–water partition coefficient (Wildman–Crippen LogP) is 3.61. The summed E-state index contributed by atoms with van der Waals surface area (Å²) in [6.45, 7) is 0. The molecule has 16 heavy (non-hydrogen) atoms. The lowest BCUT2D eigenvalue weighted by atomic mass is 10.1. The molecule has 82 valence electrons. The van der Waals surface area contributed by atoms with E-state index in [-0.39, 0.29) is 18.0 Å². The lowest BCUT2D eigenvalue weighted by Gasteiger charge is -2.02. The van der Waals surface area contributed by atoms with Gasteiger partial charge in [-0.2, -0.15) is 0 Å². The Balaban J connectivity index is 2.21. The number of carbonyl (C=O) groups is 1. The van der Waals surface area contributed by atoms with Gasteiger partial charge >= 0.3 is 0 Å². The molecule has 0 bridgehead atoms. The molecule has 0 N–H and O–H groups in total. The molecule has 1 aromatic heterocycles. The fraction of sp³-hybridized carbons (Fsp3) is 0.0833. The second kappa shape index (κ2) is 4.61. The number of rotatable bonds is 3. The zero-order valence-corrected chi connectivity index (χ0v) is 9.83. The third kappa shape index (κ3) is 2.39. The number of halogens is 2. The third-order valence-electron chi connectivity index (χ3n) is 2.20. The summed E-state index contributed by atoms with van der Waals surface area (Å²) in [4.78, 5) is 11.7.